The van der Waals surface area contributed by atoms with Gasteiger partial charge in [-0.05, 0) is 83.5 Å². The lowest BCUT2D eigenvalue weighted by Crippen LogP contribution is -2.30. The maximum absolute atomic E-state index is 12.8. The van der Waals surface area contributed by atoms with E-state index in [1.54, 1.807) is 0 Å². The van der Waals surface area contributed by atoms with Crippen LogP contribution in [0.4, 0.5) is 0 Å². The van der Waals surface area contributed by atoms with Gasteiger partial charge in [0.2, 0.25) is 0 Å². The Balaban J connectivity index is 4.22. The van der Waals surface area contributed by atoms with E-state index in [9.17, 15) is 14.4 Å². The zero-order valence-corrected chi connectivity index (χ0v) is 41.8. The Kier molecular flexibility index (Phi) is 49.8. The third kappa shape index (κ3) is 50.2. The molecule has 0 saturated carbocycles. The molecule has 366 valence electrons. The molecule has 1 atom stereocenters. The monoisotopic (exact) mass is 883 g/mol. The molecular weight excluding hydrogens is 781 g/mol. The van der Waals surface area contributed by atoms with Crippen molar-refractivity contribution in [3.05, 3.63) is 48.6 Å². The average molecular weight is 883 g/mol. The first-order chi connectivity index (χ1) is 31.0. The van der Waals surface area contributed by atoms with E-state index >= 15 is 0 Å². The molecule has 0 fully saturated rings. The molecule has 6 nitrogen and oxygen atoms in total. The van der Waals surface area contributed by atoms with Gasteiger partial charge in [0.15, 0.2) is 6.10 Å². The summed E-state index contributed by atoms with van der Waals surface area (Å²) in [6, 6.07) is 0. The number of ether oxygens (including phenoxy) is 3. The van der Waals surface area contributed by atoms with Gasteiger partial charge in [-0.15, -0.1) is 0 Å². The summed E-state index contributed by atoms with van der Waals surface area (Å²) >= 11 is 0. The molecular formula is C57H102O6. The van der Waals surface area contributed by atoms with Crippen molar-refractivity contribution in [2.45, 2.75) is 284 Å². The van der Waals surface area contributed by atoms with Crippen LogP contribution in [0.2, 0.25) is 0 Å². The Morgan fingerprint density at radius 2 is 0.571 bits per heavy atom. The summed E-state index contributed by atoms with van der Waals surface area (Å²) in [4.78, 5) is 37.9. The predicted molar refractivity (Wildman–Crippen MR) is 270 cm³/mol. The number of hydrogen-bond donors (Lipinski definition) is 0. The molecule has 0 aromatic rings. The van der Waals surface area contributed by atoms with Crippen LogP contribution < -0.4 is 0 Å². The van der Waals surface area contributed by atoms with E-state index in [-0.39, 0.29) is 31.1 Å². The highest BCUT2D eigenvalue weighted by molar-refractivity contribution is 5.71. The second kappa shape index (κ2) is 52.0. The number of rotatable bonds is 49. The highest BCUT2D eigenvalue weighted by Gasteiger charge is 2.19. The Morgan fingerprint density at radius 1 is 0.317 bits per heavy atom. The first-order valence-corrected chi connectivity index (χ1v) is 27.1. The van der Waals surface area contributed by atoms with Crippen LogP contribution >= 0.6 is 0 Å². The van der Waals surface area contributed by atoms with Gasteiger partial charge in [0.25, 0.3) is 0 Å². The molecule has 0 heterocycles. The van der Waals surface area contributed by atoms with E-state index in [2.05, 4.69) is 69.4 Å². The lowest BCUT2D eigenvalue weighted by Gasteiger charge is -2.18. The highest BCUT2D eigenvalue weighted by atomic mass is 16.6. The standard InChI is InChI=1S/C57H102O6/c1-4-7-10-13-16-18-20-22-24-26-28-30-32-34-36-38-41-44-47-50-56(59)62-53-54(52-61-55(58)49-46-43-40-15-12-9-6-3)63-57(60)51-48-45-42-39-37-35-33-31-29-27-25-23-21-19-17-14-11-8-5-2/h16-19,22-25,54H,4-15,20-21,26-53H2,1-3H3/b18-16-,19-17-,24-22-,25-23-. The maximum atomic E-state index is 12.8. The van der Waals surface area contributed by atoms with Crippen LogP contribution in [0.15, 0.2) is 48.6 Å². The fourth-order valence-corrected chi connectivity index (χ4v) is 7.68. The average Bonchev–Trinajstić information content (AvgIpc) is 3.28. The van der Waals surface area contributed by atoms with Crippen molar-refractivity contribution in [1.82, 2.24) is 0 Å². The summed E-state index contributed by atoms with van der Waals surface area (Å²) in [6.07, 6.45) is 62.5. The molecule has 0 aromatic heterocycles. The normalized spacial score (nSPS) is 12.4. The van der Waals surface area contributed by atoms with E-state index in [1.165, 1.54) is 167 Å². The van der Waals surface area contributed by atoms with Gasteiger partial charge in [-0.1, -0.05) is 223 Å². The van der Waals surface area contributed by atoms with Gasteiger partial charge in [-0.25, -0.2) is 0 Å². The molecule has 0 bridgehead atoms. The molecule has 0 aliphatic carbocycles. The van der Waals surface area contributed by atoms with Gasteiger partial charge >= 0.3 is 17.9 Å². The molecule has 1 unspecified atom stereocenters. The molecule has 0 saturated heterocycles. The van der Waals surface area contributed by atoms with Crippen molar-refractivity contribution >= 4 is 17.9 Å². The Morgan fingerprint density at radius 3 is 0.905 bits per heavy atom. The highest BCUT2D eigenvalue weighted by Crippen LogP contribution is 2.15. The minimum Gasteiger partial charge on any atom is -0.462 e. The molecule has 0 aliphatic rings. The quantitative estimate of drug-likeness (QED) is 0.0262. The van der Waals surface area contributed by atoms with Gasteiger partial charge in [-0.3, -0.25) is 14.4 Å². The molecule has 0 radical (unpaired) electrons. The number of esters is 3. The van der Waals surface area contributed by atoms with Gasteiger partial charge < -0.3 is 14.2 Å². The topological polar surface area (TPSA) is 78.9 Å². The second-order valence-electron chi connectivity index (χ2n) is 18.1. The molecule has 63 heavy (non-hydrogen) atoms. The summed E-state index contributed by atoms with van der Waals surface area (Å²) in [5, 5.41) is 0. The molecule has 0 rings (SSSR count). The van der Waals surface area contributed by atoms with Crippen LogP contribution in [-0.4, -0.2) is 37.2 Å². The van der Waals surface area contributed by atoms with Gasteiger partial charge in [0.1, 0.15) is 13.2 Å². The summed E-state index contributed by atoms with van der Waals surface area (Å²) in [7, 11) is 0. The number of unbranched alkanes of at least 4 members (excludes halogenated alkanes) is 30. The van der Waals surface area contributed by atoms with Crippen LogP contribution in [0, 0.1) is 0 Å². The van der Waals surface area contributed by atoms with Crippen LogP contribution in [0.3, 0.4) is 0 Å². The number of carbonyl (C=O) groups is 3. The first-order valence-electron chi connectivity index (χ1n) is 27.1. The zero-order chi connectivity index (χ0) is 45.8. The number of hydrogen-bond acceptors (Lipinski definition) is 6. The van der Waals surface area contributed by atoms with E-state index in [1.807, 2.05) is 0 Å². The number of allylic oxidation sites excluding steroid dienone is 8. The minimum atomic E-state index is -0.773. The molecule has 0 amide bonds. The molecule has 0 spiro atoms. The Bertz CT molecular complexity index is 1110. The van der Waals surface area contributed by atoms with Crippen LogP contribution in [0.5, 0.6) is 0 Å². The molecule has 0 N–H and O–H groups in total. The summed E-state index contributed by atoms with van der Waals surface area (Å²) in [5.74, 6) is -0.881. The van der Waals surface area contributed by atoms with E-state index in [0.717, 1.165) is 70.6 Å². The van der Waals surface area contributed by atoms with Crippen molar-refractivity contribution in [1.29, 1.82) is 0 Å². The third-order valence-corrected chi connectivity index (χ3v) is 11.8. The lowest BCUT2D eigenvalue weighted by molar-refractivity contribution is -0.167. The fraction of sp³-hybridized carbons (Fsp3) is 0.807. The van der Waals surface area contributed by atoms with Crippen LogP contribution in [0.1, 0.15) is 278 Å². The minimum absolute atomic E-state index is 0.0747. The SMILES string of the molecule is CCCCC/C=C\C/C=C\CCCCCCCCCCCC(=O)OCC(COC(=O)CCCCCCCCC)OC(=O)CCCCCCCCCCC/C=C\C/C=C\CCCCC. The Hall–Kier alpha value is -2.63. The fourth-order valence-electron chi connectivity index (χ4n) is 7.68. The summed E-state index contributed by atoms with van der Waals surface area (Å²) in [6.45, 7) is 6.56. The van der Waals surface area contributed by atoms with Crippen LogP contribution in [0.25, 0.3) is 0 Å². The molecule has 6 heteroatoms. The van der Waals surface area contributed by atoms with Crippen molar-refractivity contribution in [3.8, 4) is 0 Å². The van der Waals surface area contributed by atoms with E-state index < -0.39 is 6.10 Å². The first kappa shape index (κ1) is 60.4. The van der Waals surface area contributed by atoms with E-state index in [4.69, 9.17) is 14.2 Å². The smallest absolute Gasteiger partial charge is 0.306 e. The van der Waals surface area contributed by atoms with Gasteiger partial charge in [0, 0.05) is 19.3 Å². The second-order valence-corrected chi connectivity index (χ2v) is 18.1. The van der Waals surface area contributed by atoms with Gasteiger partial charge in [0.05, 0.1) is 0 Å². The van der Waals surface area contributed by atoms with Crippen LogP contribution in [-0.2, 0) is 28.6 Å². The number of carbonyl (C=O) groups excluding carboxylic acids is 3. The molecule has 0 aliphatic heterocycles. The molecule has 0 aromatic carbocycles. The van der Waals surface area contributed by atoms with Gasteiger partial charge in [-0.2, -0.15) is 0 Å². The summed E-state index contributed by atoms with van der Waals surface area (Å²) < 4.78 is 16.8. The maximum Gasteiger partial charge on any atom is 0.306 e. The zero-order valence-electron chi connectivity index (χ0n) is 41.8. The predicted octanol–water partition coefficient (Wildman–Crippen LogP) is 17.9. The Labute approximate surface area is 390 Å². The third-order valence-electron chi connectivity index (χ3n) is 11.8. The van der Waals surface area contributed by atoms with Crippen molar-refractivity contribution < 1.29 is 28.6 Å². The van der Waals surface area contributed by atoms with Crippen molar-refractivity contribution in [2.75, 3.05) is 13.2 Å². The summed E-state index contributed by atoms with van der Waals surface area (Å²) in [5.41, 5.74) is 0. The van der Waals surface area contributed by atoms with Crippen molar-refractivity contribution in [3.63, 3.8) is 0 Å². The largest absolute Gasteiger partial charge is 0.462 e. The van der Waals surface area contributed by atoms with Crippen molar-refractivity contribution in [2.24, 2.45) is 0 Å². The van der Waals surface area contributed by atoms with E-state index in [0.29, 0.717) is 19.3 Å². The lowest BCUT2D eigenvalue weighted by atomic mass is 10.1.